The Morgan fingerprint density at radius 2 is 1.63 bits per heavy atom. The van der Waals surface area contributed by atoms with Crippen LogP contribution >= 0.6 is 0 Å². The fourth-order valence-electron chi connectivity index (χ4n) is 10.7. The number of allylic oxidation sites excluding steroid dienone is 2. The minimum absolute atomic E-state index is 0.0281. The molecule has 0 aromatic rings. The van der Waals surface area contributed by atoms with Crippen molar-refractivity contribution >= 4 is 11.8 Å². The van der Waals surface area contributed by atoms with Crippen molar-refractivity contribution < 1.29 is 19.8 Å². The topological polar surface area (TPSA) is 74.6 Å². The van der Waals surface area contributed by atoms with Crippen molar-refractivity contribution in [2.75, 3.05) is 0 Å². The quantitative estimate of drug-likeness (QED) is 0.452. The van der Waals surface area contributed by atoms with Crippen molar-refractivity contribution in [2.24, 2.45) is 50.2 Å². The van der Waals surface area contributed by atoms with Crippen LogP contribution in [0.15, 0.2) is 11.6 Å². The molecular formula is C31H48O4. The Labute approximate surface area is 212 Å². The molecule has 0 amide bonds. The Bertz CT molecular complexity index is 984. The van der Waals surface area contributed by atoms with Crippen LogP contribution in [0.25, 0.3) is 0 Å². The van der Waals surface area contributed by atoms with E-state index < -0.39 is 11.4 Å². The molecule has 196 valence electrons. The number of aliphatic carboxylic acids is 1. The Morgan fingerprint density at radius 3 is 2.26 bits per heavy atom. The lowest BCUT2D eigenvalue weighted by Gasteiger charge is -2.70. The minimum Gasteiger partial charge on any atom is -0.481 e. The fourth-order valence-corrected chi connectivity index (χ4v) is 10.7. The predicted octanol–water partition coefficient (Wildman–Crippen LogP) is 6.80. The van der Waals surface area contributed by atoms with Crippen molar-refractivity contribution in [1.29, 1.82) is 0 Å². The summed E-state index contributed by atoms with van der Waals surface area (Å²) in [6.07, 6.45) is 11.0. The van der Waals surface area contributed by atoms with Gasteiger partial charge in [-0.3, -0.25) is 9.59 Å². The molecule has 4 nitrogen and oxygen atoms in total. The second kappa shape index (κ2) is 7.45. The van der Waals surface area contributed by atoms with Crippen LogP contribution in [0.4, 0.5) is 0 Å². The first-order chi connectivity index (χ1) is 16.1. The van der Waals surface area contributed by atoms with E-state index in [1.807, 2.05) is 13.0 Å². The van der Waals surface area contributed by atoms with Crippen LogP contribution in [0.1, 0.15) is 113 Å². The molecular weight excluding hydrogens is 436 g/mol. The van der Waals surface area contributed by atoms with E-state index in [9.17, 15) is 19.8 Å². The molecule has 7 unspecified atom stereocenters. The number of carbonyl (C=O) groups excluding carboxylic acids is 1. The van der Waals surface area contributed by atoms with Gasteiger partial charge in [-0.1, -0.05) is 47.1 Å². The van der Waals surface area contributed by atoms with Crippen LogP contribution in [0.2, 0.25) is 0 Å². The average molecular weight is 485 g/mol. The molecule has 0 aromatic carbocycles. The van der Waals surface area contributed by atoms with Gasteiger partial charge in [0.2, 0.25) is 0 Å². The van der Waals surface area contributed by atoms with Gasteiger partial charge >= 0.3 is 5.97 Å². The largest absolute Gasteiger partial charge is 0.481 e. The number of aliphatic hydroxyl groups excluding tert-OH is 1. The Morgan fingerprint density at radius 1 is 0.971 bits per heavy atom. The first kappa shape index (κ1) is 25.5. The highest BCUT2D eigenvalue weighted by atomic mass is 16.4. The molecule has 0 aliphatic heterocycles. The maximum Gasteiger partial charge on any atom is 0.309 e. The summed E-state index contributed by atoms with van der Waals surface area (Å²) in [6, 6.07) is 0. The molecule has 4 saturated carbocycles. The third-order valence-corrected chi connectivity index (χ3v) is 13.6. The molecule has 2 N–H and O–H groups in total. The summed E-state index contributed by atoms with van der Waals surface area (Å²) in [7, 11) is 0. The number of carboxylic acid groups (broad SMARTS) is 1. The van der Waals surface area contributed by atoms with Crippen LogP contribution in [-0.4, -0.2) is 28.1 Å². The molecule has 5 aliphatic carbocycles. The zero-order valence-electron chi connectivity index (χ0n) is 23.2. The van der Waals surface area contributed by atoms with E-state index in [0.717, 1.165) is 57.8 Å². The maximum atomic E-state index is 14.3. The van der Waals surface area contributed by atoms with E-state index in [2.05, 4.69) is 41.5 Å². The summed E-state index contributed by atoms with van der Waals surface area (Å²) in [5.41, 5.74) is 0.183. The number of hydrogen-bond acceptors (Lipinski definition) is 3. The molecule has 0 aromatic heterocycles. The summed E-state index contributed by atoms with van der Waals surface area (Å²) in [4.78, 5) is 26.5. The third-order valence-electron chi connectivity index (χ3n) is 13.6. The molecule has 0 radical (unpaired) electrons. The van der Waals surface area contributed by atoms with Crippen molar-refractivity contribution in [2.45, 2.75) is 119 Å². The van der Waals surface area contributed by atoms with Crippen LogP contribution in [0.5, 0.6) is 0 Å². The molecule has 5 aliphatic rings. The molecule has 10 atom stereocenters. The molecule has 0 spiro atoms. The number of carbonyl (C=O) groups is 2. The van der Waals surface area contributed by atoms with Gasteiger partial charge in [0.05, 0.1) is 11.5 Å². The first-order valence-electron chi connectivity index (χ1n) is 14.3. The Hall–Kier alpha value is -1.16. The third kappa shape index (κ3) is 3.01. The lowest BCUT2D eigenvalue weighted by atomic mass is 9.33. The van der Waals surface area contributed by atoms with Gasteiger partial charge in [0.15, 0.2) is 5.78 Å². The first-order valence-corrected chi connectivity index (χ1v) is 14.3. The van der Waals surface area contributed by atoms with Crippen molar-refractivity contribution in [3.05, 3.63) is 11.6 Å². The zero-order chi connectivity index (χ0) is 25.8. The fraction of sp³-hybridized carbons (Fsp3) is 0.871. The van der Waals surface area contributed by atoms with Gasteiger partial charge in [-0.25, -0.2) is 0 Å². The highest BCUT2D eigenvalue weighted by molar-refractivity contribution is 5.95. The van der Waals surface area contributed by atoms with Crippen LogP contribution < -0.4 is 0 Å². The van der Waals surface area contributed by atoms with E-state index in [1.165, 1.54) is 5.57 Å². The van der Waals surface area contributed by atoms with E-state index in [-0.39, 0.29) is 50.8 Å². The Balaban J connectivity index is 1.62. The predicted molar refractivity (Wildman–Crippen MR) is 138 cm³/mol. The minimum atomic E-state index is -0.712. The van der Waals surface area contributed by atoms with Gasteiger partial charge in [-0.15, -0.1) is 0 Å². The molecule has 0 heterocycles. The summed E-state index contributed by atoms with van der Waals surface area (Å²) in [6.45, 7) is 15.9. The molecule has 0 saturated heterocycles. The molecule has 0 bridgehead atoms. The SMILES string of the molecule is CC[C@@]1(C)C2CCC3(C)C(C(=O)C=C4C5C[C@@](C)(C(=O)O)CCC5(C)CCC43C)C2(C)CC[C@@H]1O. The summed E-state index contributed by atoms with van der Waals surface area (Å²) in [5.74, 6) is 0.0837. The second-order valence-electron chi connectivity index (χ2n) is 15.0. The van der Waals surface area contributed by atoms with Crippen LogP contribution in [0.3, 0.4) is 0 Å². The van der Waals surface area contributed by atoms with Gasteiger partial charge in [0.1, 0.15) is 0 Å². The van der Waals surface area contributed by atoms with E-state index in [4.69, 9.17) is 0 Å². The lowest BCUT2D eigenvalue weighted by Crippen LogP contribution is -2.66. The van der Waals surface area contributed by atoms with Crippen molar-refractivity contribution in [1.82, 2.24) is 0 Å². The van der Waals surface area contributed by atoms with Crippen molar-refractivity contribution in [3.63, 3.8) is 0 Å². The van der Waals surface area contributed by atoms with E-state index in [0.29, 0.717) is 12.3 Å². The van der Waals surface area contributed by atoms with Gasteiger partial charge in [0.25, 0.3) is 0 Å². The van der Waals surface area contributed by atoms with Crippen LogP contribution in [-0.2, 0) is 9.59 Å². The number of ketones is 1. The standard InChI is InChI=1S/C31H48O4/c1-8-28(4)22-9-12-31(7)24(29(22,5)11-10-23(28)33)21(32)17-19-20-18-27(3,25(34)35)14-13-26(20,2)15-16-30(19,31)6/h17,20,22-24,33H,8-16,18H2,1-7H3,(H,34,35)/t20?,22?,23-,24?,26?,27-,28-,29?,30?,31?/m0/s1. The molecule has 4 heteroatoms. The highest BCUT2D eigenvalue weighted by Gasteiger charge is 2.70. The number of rotatable bonds is 2. The van der Waals surface area contributed by atoms with Gasteiger partial charge < -0.3 is 10.2 Å². The molecule has 35 heavy (non-hydrogen) atoms. The zero-order valence-corrected chi connectivity index (χ0v) is 23.2. The molecule has 4 fully saturated rings. The second-order valence-corrected chi connectivity index (χ2v) is 15.0. The van der Waals surface area contributed by atoms with Gasteiger partial charge in [0, 0.05) is 5.92 Å². The summed E-state index contributed by atoms with van der Waals surface area (Å²) < 4.78 is 0. The number of aliphatic hydroxyl groups is 1. The smallest absolute Gasteiger partial charge is 0.309 e. The Kier molecular flexibility index (Phi) is 5.43. The highest BCUT2D eigenvalue weighted by Crippen LogP contribution is 2.75. The van der Waals surface area contributed by atoms with Gasteiger partial charge in [-0.05, 0) is 116 Å². The van der Waals surface area contributed by atoms with E-state index >= 15 is 0 Å². The monoisotopic (exact) mass is 484 g/mol. The normalized spacial score (nSPS) is 55.7. The number of hydrogen-bond donors (Lipinski definition) is 2. The van der Waals surface area contributed by atoms with Gasteiger partial charge in [-0.2, -0.15) is 0 Å². The van der Waals surface area contributed by atoms with Crippen molar-refractivity contribution in [3.8, 4) is 0 Å². The number of fused-ring (bicyclic) bond motifs is 7. The number of carboxylic acids is 1. The molecule has 5 rings (SSSR count). The van der Waals surface area contributed by atoms with E-state index in [1.54, 1.807) is 0 Å². The lowest BCUT2D eigenvalue weighted by molar-refractivity contribution is -0.206. The summed E-state index contributed by atoms with van der Waals surface area (Å²) in [5, 5.41) is 21.1. The van der Waals surface area contributed by atoms with Crippen LogP contribution in [0, 0.1) is 50.2 Å². The average Bonchev–Trinajstić information content (AvgIpc) is 2.79. The maximum absolute atomic E-state index is 14.3. The summed E-state index contributed by atoms with van der Waals surface area (Å²) >= 11 is 0.